The van der Waals surface area contributed by atoms with Crippen LogP contribution in [0.3, 0.4) is 0 Å². The van der Waals surface area contributed by atoms with Crippen LogP contribution in [-0.2, 0) is 9.84 Å². The van der Waals surface area contributed by atoms with Gasteiger partial charge in [-0.25, -0.2) is 18.4 Å². The van der Waals surface area contributed by atoms with E-state index < -0.39 is 26.1 Å². The number of halogens is 4. The number of sulfone groups is 1. The van der Waals surface area contributed by atoms with Crippen LogP contribution >= 0.6 is 27.3 Å². The molecule has 10 heteroatoms. The monoisotopic (exact) mass is 388 g/mol. The van der Waals surface area contributed by atoms with Crippen molar-refractivity contribution in [3.63, 3.8) is 0 Å². The molecule has 0 aliphatic heterocycles. The van der Waals surface area contributed by atoms with Crippen molar-refractivity contribution in [2.75, 3.05) is 5.75 Å². The summed E-state index contributed by atoms with van der Waals surface area (Å²) < 4.78 is 60.8. The number of thiazole rings is 1. The minimum atomic E-state index is -4.80. The first-order valence-electron chi connectivity index (χ1n) is 5.24. The molecule has 0 spiro atoms. The standard InChI is InChI=1S/C10H8BrF3N2O2S2/c1-4-6(11)5(2)15-8-7(4)19-9(16-8)20(17,18)3-10(12,13)14/h3H2,1-2H3. The second kappa shape index (κ2) is 4.92. The molecule has 4 nitrogen and oxygen atoms in total. The molecule has 0 fully saturated rings. The number of rotatable bonds is 2. The summed E-state index contributed by atoms with van der Waals surface area (Å²) in [4.78, 5) is 7.80. The second-order valence-corrected chi connectivity index (χ2v) is 8.10. The fourth-order valence-electron chi connectivity index (χ4n) is 1.60. The molecule has 0 atom stereocenters. The van der Waals surface area contributed by atoms with Gasteiger partial charge in [0.1, 0.15) is 0 Å². The molecule has 0 aromatic carbocycles. The Kier molecular flexibility index (Phi) is 3.85. The Morgan fingerprint density at radius 2 is 1.85 bits per heavy atom. The highest BCUT2D eigenvalue weighted by molar-refractivity contribution is 9.10. The lowest BCUT2D eigenvalue weighted by Crippen LogP contribution is -2.22. The van der Waals surface area contributed by atoms with E-state index in [0.29, 0.717) is 31.8 Å². The Morgan fingerprint density at radius 1 is 1.25 bits per heavy atom. The van der Waals surface area contributed by atoms with Crippen molar-refractivity contribution in [3.8, 4) is 0 Å². The number of hydrogen-bond donors (Lipinski definition) is 0. The summed E-state index contributed by atoms with van der Waals surface area (Å²) in [7, 11) is -4.50. The highest BCUT2D eigenvalue weighted by Gasteiger charge is 2.37. The maximum absolute atomic E-state index is 12.3. The minimum absolute atomic E-state index is 0.147. The highest BCUT2D eigenvalue weighted by atomic mass is 79.9. The zero-order chi connectivity index (χ0) is 15.3. The Bertz CT molecular complexity index is 784. The van der Waals surface area contributed by atoms with Crippen LogP contribution in [0.1, 0.15) is 11.3 Å². The molecule has 2 heterocycles. The normalized spacial score (nSPS) is 13.1. The molecule has 0 amide bonds. The van der Waals surface area contributed by atoms with Crippen molar-refractivity contribution in [2.45, 2.75) is 24.4 Å². The maximum Gasteiger partial charge on any atom is 0.403 e. The zero-order valence-corrected chi connectivity index (χ0v) is 13.5. The van der Waals surface area contributed by atoms with E-state index in [1.807, 2.05) is 0 Å². The van der Waals surface area contributed by atoms with Crippen molar-refractivity contribution >= 4 is 47.5 Å². The van der Waals surface area contributed by atoms with E-state index in [0.717, 1.165) is 0 Å². The molecular weight excluding hydrogens is 381 g/mol. The van der Waals surface area contributed by atoms with Crippen LogP contribution in [0.15, 0.2) is 8.81 Å². The number of fused-ring (bicyclic) bond motifs is 1. The largest absolute Gasteiger partial charge is 0.403 e. The van der Waals surface area contributed by atoms with E-state index >= 15 is 0 Å². The second-order valence-electron chi connectivity index (χ2n) is 4.14. The summed E-state index contributed by atoms with van der Waals surface area (Å²) >= 11 is 4.00. The third-order valence-corrected chi connectivity index (χ3v) is 6.94. The van der Waals surface area contributed by atoms with Gasteiger partial charge in [0.15, 0.2) is 11.4 Å². The third-order valence-electron chi connectivity index (χ3n) is 2.47. The van der Waals surface area contributed by atoms with Crippen LogP contribution < -0.4 is 0 Å². The summed E-state index contributed by atoms with van der Waals surface area (Å²) in [5.41, 5.74) is 1.45. The Labute approximate surface area is 125 Å². The molecule has 2 aromatic heterocycles. The molecule has 0 saturated carbocycles. The number of pyridine rings is 1. The molecule has 110 valence electrons. The van der Waals surface area contributed by atoms with Crippen molar-refractivity contribution in [1.29, 1.82) is 0 Å². The van der Waals surface area contributed by atoms with Crippen LogP contribution in [0.4, 0.5) is 13.2 Å². The lowest BCUT2D eigenvalue weighted by atomic mass is 10.2. The van der Waals surface area contributed by atoms with E-state index in [4.69, 9.17) is 0 Å². The van der Waals surface area contributed by atoms with Gasteiger partial charge in [0.2, 0.25) is 14.2 Å². The topological polar surface area (TPSA) is 59.9 Å². The molecule has 2 aromatic rings. The quantitative estimate of drug-likeness (QED) is 0.790. The first-order chi connectivity index (χ1) is 9.01. The van der Waals surface area contributed by atoms with Gasteiger partial charge in [-0.05, 0) is 35.3 Å². The van der Waals surface area contributed by atoms with Gasteiger partial charge >= 0.3 is 6.18 Å². The molecule has 0 radical (unpaired) electrons. The van der Waals surface area contributed by atoms with Gasteiger partial charge in [-0.2, -0.15) is 13.2 Å². The van der Waals surface area contributed by atoms with Crippen molar-refractivity contribution in [1.82, 2.24) is 9.97 Å². The molecule has 0 unspecified atom stereocenters. The highest BCUT2D eigenvalue weighted by Crippen LogP contribution is 2.34. The number of alkyl halides is 3. The number of aryl methyl sites for hydroxylation is 2. The number of aromatic nitrogens is 2. The number of hydrogen-bond acceptors (Lipinski definition) is 5. The SMILES string of the molecule is Cc1nc2nc(S(=O)(=O)CC(F)(F)F)sc2c(C)c1Br. The Balaban J connectivity index is 2.61. The fraction of sp³-hybridized carbons (Fsp3) is 0.400. The average molecular weight is 389 g/mol. The predicted octanol–water partition coefficient (Wildman–Crippen LogP) is 3.41. The van der Waals surface area contributed by atoms with E-state index in [1.54, 1.807) is 13.8 Å². The summed E-state index contributed by atoms with van der Waals surface area (Å²) in [6.07, 6.45) is -4.80. The van der Waals surface area contributed by atoms with Crippen molar-refractivity contribution in [3.05, 3.63) is 15.7 Å². The van der Waals surface area contributed by atoms with Crippen molar-refractivity contribution < 1.29 is 21.6 Å². The van der Waals surface area contributed by atoms with Gasteiger partial charge in [-0.3, -0.25) is 0 Å². The molecule has 20 heavy (non-hydrogen) atoms. The van der Waals surface area contributed by atoms with Crippen LogP contribution in [0.25, 0.3) is 10.3 Å². The van der Waals surface area contributed by atoms with Gasteiger partial charge in [0.05, 0.1) is 10.4 Å². The van der Waals surface area contributed by atoms with Crippen LogP contribution in [-0.4, -0.2) is 30.3 Å². The van der Waals surface area contributed by atoms with E-state index in [2.05, 4.69) is 25.9 Å². The summed E-state index contributed by atoms with van der Waals surface area (Å²) in [6.45, 7) is 3.42. The fourth-order valence-corrected chi connectivity index (χ4v) is 4.48. The van der Waals surface area contributed by atoms with E-state index in [9.17, 15) is 21.6 Å². The molecule has 0 bridgehead atoms. The Morgan fingerprint density at radius 3 is 2.40 bits per heavy atom. The zero-order valence-electron chi connectivity index (χ0n) is 10.2. The molecular formula is C10H8BrF3N2O2S2. The molecule has 2 rings (SSSR count). The first kappa shape index (κ1) is 15.6. The lowest BCUT2D eigenvalue weighted by Gasteiger charge is -2.04. The summed E-state index contributed by atoms with van der Waals surface area (Å²) in [5.74, 6) is -1.92. The van der Waals surface area contributed by atoms with E-state index in [-0.39, 0.29) is 5.65 Å². The number of nitrogens with zero attached hydrogens (tertiary/aromatic N) is 2. The molecule has 0 aliphatic rings. The third kappa shape index (κ3) is 2.96. The van der Waals surface area contributed by atoms with Gasteiger partial charge < -0.3 is 0 Å². The van der Waals surface area contributed by atoms with Crippen molar-refractivity contribution in [2.24, 2.45) is 0 Å². The Hall–Kier alpha value is -0.740. The van der Waals surface area contributed by atoms with Gasteiger partial charge in [-0.15, -0.1) is 11.3 Å². The summed E-state index contributed by atoms with van der Waals surface area (Å²) in [5, 5.41) is 0. The smallest absolute Gasteiger partial charge is 0.231 e. The van der Waals surface area contributed by atoms with Gasteiger partial charge in [0.25, 0.3) is 0 Å². The average Bonchev–Trinajstić information content (AvgIpc) is 2.67. The molecule has 0 aliphatic carbocycles. The van der Waals surface area contributed by atoms with E-state index in [1.165, 1.54) is 0 Å². The lowest BCUT2D eigenvalue weighted by molar-refractivity contribution is -0.106. The van der Waals surface area contributed by atoms with Crippen LogP contribution in [0.2, 0.25) is 0 Å². The van der Waals surface area contributed by atoms with Crippen LogP contribution in [0.5, 0.6) is 0 Å². The molecule has 0 N–H and O–H groups in total. The van der Waals surface area contributed by atoms with Gasteiger partial charge in [-0.1, -0.05) is 0 Å². The molecule has 0 saturated heterocycles. The van der Waals surface area contributed by atoms with Crippen LogP contribution in [0, 0.1) is 13.8 Å². The predicted molar refractivity (Wildman–Crippen MR) is 72.7 cm³/mol. The summed E-state index contributed by atoms with van der Waals surface area (Å²) in [6, 6.07) is 0. The maximum atomic E-state index is 12.3. The first-order valence-corrected chi connectivity index (χ1v) is 8.50. The van der Waals surface area contributed by atoms with Gasteiger partial charge in [0, 0.05) is 4.47 Å². The minimum Gasteiger partial charge on any atom is -0.231 e.